The first-order chi connectivity index (χ1) is 4.79. The molecular formula is C6H6O4. The fraction of sp³-hybridized carbons (Fsp3) is 0.167. The maximum Gasteiger partial charge on any atom is 0.328 e. The summed E-state index contributed by atoms with van der Waals surface area (Å²) >= 11 is 0. The Morgan fingerprint density at radius 1 is 1.80 bits per heavy atom. The number of carbonyl (C=O) groups is 1. The lowest BCUT2D eigenvalue weighted by atomic mass is 10.4. The van der Waals surface area contributed by atoms with Crippen LogP contribution in [0.15, 0.2) is 24.2 Å². The fourth-order valence-electron chi connectivity index (χ4n) is 0.493. The topological polar surface area (TPSA) is 55.8 Å². The second kappa shape index (κ2) is 2.91. The fourth-order valence-corrected chi connectivity index (χ4v) is 0.493. The Morgan fingerprint density at radius 3 is 3.10 bits per heavy atom. The molecular weight excluding hydrogens is 136 g/mol. The molecule has 4 heteroatoms. The maximum atomic E-state index is 9.95. The van der Waals surface area contributed by atoms with E-state index in [1.807, 2.05) is 0 Å². The standard InChI is InChI=1S/C6H6O4/c7-6(8)2-1-5-3-9-4-10-5/h1-3H,4H2,(H,7,8). The van der Waals surface area contributed by atoms with Crippen LogP contribution in [0.4, 0.5) is 0 Å². The zero-order valence-electron chi connectivity index (χ0n) is 5.11. The summed E-state index contributed by atoms with van der Waals surface area (Å²) in [5.74, 6) is -0.571. The van der Waals surface area contributed by atoms with E-state index in [0.717, 1.165) is 6.08 Å². The number of hydrogen-bond donors (Lipinski definition) is 1. The molecule has 0 atom stereocenters. The Kier molecular flexibility index (Phi) is 1.94. The Hall–Kier alpha value is -1.45. The Labute approximate surface area is 57.4 Å². The molecule has 0 saturated heterocycles. The molecule has 1 heterocycles. The largest absolute Gasteiger partial charge is 0.478 e. The highest BCUT2D eigenvalue weighted by Crippen LogP contribution is 2.06. The summed E-state index contributed by atoms with van der Waals surface area (Å²) in [5, 5.41) is 8.16. The molecule has 0 aromatic rings. The van der Waals surface area contributed by atoms with E-state index in [0.29, 0.717) is 5.76 Å². The smallest absolute Gasteiger partial charge is 0.328 e. The van der Waals surface area contributed by atoms with Crippen molar-refractivity contribution in [3.8, 4) is 0 Å². The molecule has 1 aliphatic rings. The Bertz CT molecular complexity index is 192. The third kappa shape index (κ3) is 1.81. The number of rotatable bonds is 2. The zero-order chi connectivity index (χ0) is 7.40. The van der Waals surface area contributed by atoms with Gasteiger partial charge in [-0.1, -0.05) is 0 Å². The lowest BCUT2D eigenvalue weighted by Crippen LogP contribution is -1.87. The van der Waals surface area contributed by atoms with Crippen LogP contribution >= 0.6 is 0 Å². The van der Waals surface area contributed by atoms with Gasteiger partial charge in [-0.05, 0) is 6.08 Å². The van der Waals surface area contributed by atoms with Crippen LogP contribution in [0.2, 0.25) is 0 Å². The highest BCUT2D eigenvalue weighted by molar-refractivity contribution is 5.80. The molecule has 10 heavy (non-hydrogen) atoms. The van der Waals surface area contributed by atoms with Crippen LogP contribution in [0.1, 0.15) is 0 Å². The van der Waals surface area contributed by atoms with E-state index in [1.165, 1.54) is 12.3 Å². The van der Waals surface area contributed by atoms with Gasteiger partial charge >= 0.3 is 5.97 Å². The van der Waals surface area contributed by atoms with E-state index in [4.69, 9.17) is 9.84 Å². The molecule has 0 spiro atoms. The van der Waals surface area contributed by atoms with Crippen LogP contribution in [0.3, 0.4) is 0 Å². The molecule has 0 radical (unpaired) electrons. The summed E-state index contributed by atoms with van der Waals surface area (Å²) in [5.41, 5.74) is 0. The van der Waals surface area contributed by atoms with Crippen molar-refractivity contribution >= 4 is 5.97 Å². The predicted octanol–water partition coefficient (Wildman–Crippen LogP) is 0.473. The minimum absolute atomic E-state index is 0.166. The van der Waals surface area contributed by atoms with Crippen molar-refractivity contribution in [2.75, 3.05) is 6.79 Å². The summed E-state index contributed by atoms with van der Waals surface area (Å²) in [4.78, 5) is 9.95. The van der Waals surface area contributed by atoms with Gasteiger partial charge in [-0.3, -0.25) is 0 Å². The third-order valence-electron chi connectivity index (χ3n) is 0.883. The monoisotopic (exact) mass is 142 g/mol. The lowest BCUT2D eigenvalue weighted by Gasteiger charge is -1.89. The molecule has 1 N–H and O–H groups in total. The highest BCUT2D eigenvalue weighted by atomic mass is 16.7. The predicted molar refractivity (Wildman–Crippen MR) is 31.9 cm³/mol. The second-order valence-corrected chi connectivity index (χ2v) is 1.62. The number of hydrogen-bond acceptors (Lipinski definition) is 3. The Balaban J connectivity index is 2.44. The SMILES string of the molecule is O=C(O)C=CC1=COCO1. The highest BCUT2D eigenvalue weighted by Gasteiger charge is 2.00. The van der Waals surface area contributed by atoms with Gasteiger partial charge in [0.2, 0.25) is 6.79 Å². The van der Waals surface area contributed by atoms with Crippen molar-refractivity contribution in [3.63, 3.8) is 0 Å². The quantitative estimate of drug-likeness (QED) is 0.569. The first-order valence-corrected chi connectivity index (χ1v) is 2.64. The molecule has 0 aromatic heterocycles. The van der Waals surface area contributed by atoms with E-state index in [2.05, 4.69) is 4.74 Å². The van der Waals surface area contributed by atoms with Crippen LogP contribution in [-0.4, -0.2) is 17.9 Å². The minimum Gasteiger partial charge on any atom is -0.478 e. The number of carboxylic acid groups (broad SMARTS) is 1. The van der Waals surface area contributed by atoms with E-state index in [9.17, 15) is 4.79 Å². The average molecular weight is 142 g/mol. The first-order valence-electron chi connectivity index (χ1n) is 2.64. The van der Waals surface area contributed by atoms with Crippen molar-refractivity contribution in [1.82, 2.24) is 0 Å². The number of allylic oxidation sites excluding steroid dienone is 1. The molecule has 0 bridgehead atoms. The van der Waals surface area contributed by atoms with Crippen LogP contribution < -0.4 is 0 Å². The zero-order valence-corrected chi connectivity index (χ0v) is 5.11. The van der Waals surface area contributed by atoms with Crippen molar-refractivity contribution in [3.05, 3.63) is 24.2 Å². The van der Waals surface area contributed by atoms with Crippen molar-refractivity contribution in [2.45, 2.75) is 0 Å². The molecule has 0 aliphatic carbocycles. The molecule has 54 valence electrons. The first kappa shape index (κ1) is 6.67. The van der Waals surface area contributed by atoms with E-state index < -0.39 is 5.97 Å². The average Bonchev–Trinajstić information content (AvgIpc) is 2.34. The summed E-state index contributed by atoms with van der Waals surface area (Å²) < 4.78 is 9.45. The van der Waals surface area contributed by atoms with E-state index in [1.54, 1.807) is 0 Å². The second-order valence-electron chi connectivity index (χ2n) is 1.62. The summed E-state index contributed by atoms with van der Waals surface area (Å²) in [6, 6.07) is 0. The van der Waals surface area contributed by atoms with Gasteiger partial charge in [-0.25, -0.2) is 4.79 Å². The number of ether oxygens (including phenoxy) is 2. The molecule has 1 aliphatic heterocycles. The summed E-state index contributed by atoms with van der Waals surface area (Å²) in [6.07, 6.45) is 3.68. The van der Waals surface area contributed by atoms with Gasteiger partial charge in [0, 0.05) is 6.08 Å². The molecule has 0 saturated carbocycles. The van der Waals surface area contributed by atoms with Crippen molar-refractivity contribution < 1.29 is 19.4 Å². The third-order valence-corrected chi connectivity index (χ3v) is 0.883. The normalized spacial score (nSPS) is 16.2. The number of aliphatic carboxylic acids is 1. The van der Waals surface area contributed by atoms with Crippen LogP contribution in [0.5, 0.6) is 0 Å². The molecule has 0 amide bonds. The van der Waals surface area contributed by atoms with Gasteiger partial charge in [0.15, 0.2) is 5.76 Å². The van der Waals surface area contributed by atoms with E-state index >= 15 is 0 Å². The summed E-state index contributed by atoms with van der Waals surface area (Å²) in [7, 11) is 0. The van der Waals surface area contributed by atoms with Gasteiger partial charge in [0.25, 0.3) is 0 Å². The van der Waals surface area contributed by atoms with Gasteiger partial charge in [-0.15, -0.1) is 0 Å². The Morgan fingerprint density at radius 2 is 2.60 bits per heavy atom. The molecule has 0 fully saturated rings. The van der Waals surface area contributed by atoms with Crippen molar-refractivity contribution in [2.24, 2.45) is 0 Å². The molecule has 0 unspecified atom stereocenters. The van der Waals surface area contributed by atoms with Crippen molar-refractivity contribution in [1.29, 1.82) is 0 Å². The van der Waals surface area contributed by atoms with Gasteiger partial charge in [0.1, 0.15) is 6.26 Å². The minimum atomic E-state index is -1.00. The van der Waals surface area contributed by atoms with Crippen LogP contribution in [0.25, 0.3) is 0 Å². The van der Waals surface area contributed by atoms with Crippen LogP contribution in [-0.2, 0) is 14.3 Å². The molecule has 1 rings (SSSR count). The maximum absolute atomic E-state index is 9.95. The molecule has 0 aromatic carbocycles. The molecule has 4 nitrogen and oxygen atoms in total. The van der Waals surface area contributed by atoms with Gasteiger partial charge in [-0.2, -0.15) is 0 Å². The lowest BCUT2D eigenvalue weighted by molar-refractivity contribution is -0.131. The number of carboxylic acids is 1. The summed E-state index contributed by atoms with van der Waals surface area (Å²) in [6.45, 7) is 0.166. The van der Waals surface area contributed by atoms with Gasteiger partial charge < -0.3 is 14.6 Å². The van der Waals surface area contributed by atoms with Crippen LogP contribution in [0, 0.1) is 0 Å². The van der Waals surface area contributed by atoms with E-state index in [-0.39, 0.29) is 6.79 Å². The van der Waals surface area contributed by atoms with Gasteiger partial charge in [0.05, 0.1) is 0 Å².